The molecule has 3 aromatic rings. The summed E-state index contributed by atoms with van der Waals surface area (Å²) in [7, 11) is 0. The van der Waals surface area contributed by atoms with Crippen LogP contribution in [0.15, 0.2) is 86.5 Å². The third-order valence-electron chi connectivity index (χ3n) is 5.10. The van der Waals surface area contributed by atoms with Gasteiger partial charge in [0.15, 0.2) is 5.17 Å². The van der Waals surface area contributed by atoms with Crippen molar-refractivity contribution in [3.8, 4) is 0 Å². The van der Waals surface area contributed by atoms with Crippen LogP contribution in [0, 0.1) is 5.82 Å². The highest BCUT2D eigenvalue weighted by atomic mass is 32.2. The molecule has 1 aliphatic heterocycles. The lowest BCUT2D eigenvalue weighted by atomic mass is 9.87. The Hall–Kier alpha value is -3.45. The second kappa shape index (κ2) is 9.58. The van der Waals surface area contributed by atoms with Crippen molar-refractivity contribution in [1.29, 1.82) is 0 Å². The number of halogens is 1. The van der Waals surface area contributed by atoms with E-state index in [1.54, 1.807) is 42.8 Å². The van der Waals surface area contributed by atoms with Crippen molar-refractivity contribution >= 4 is 35.1 Å². The molecule has 0 unspecified atom stereocenters. The van der Waals surface area contributed by atoms with E-state index in [1.807, 2.05) is 12.1 Å². The van der Waals surface area contributed by atoms with E-state index in [2.05, 4.69) is 43.1 Å². The Balaban J connectivity index is 1.59. The first-order valence-electron chi connectivity index (χ1n) is 10.5. The summed E-state index contributed by atoms with van der Waals surface area (Å²) in [6, 6.07) is 18.0. The maximum atomic E-state index is 14.1. The molecule has 5 nitrogen and oxygen atoms in total. The molecule has 7 heteroatoms. The van der Waals surface area contributed by atoms with Gasteiger partial charge in [-0.3, -0.25) is 9.69 Å². The van der Waals surface area contributed by atoms with Gasteiger partial charge in [0.1, 0.15) is 11.6 Å². The van der Waals surface area contributed by atoms with Gasteiger partial charge < -0.3 is 4.42 Å². The van der Waals surface area contributed by atoms with Gasteiger partial charge in [-0.1, -0.05) is 63.2 Å². The molecule has 0 atom stereocenters. The van der Waals surface area contributed by atoms with Crippen LogP contribution in [-0.4, -0.2) is 22.2 Å². The summed E-state index contributed by atoms with van der Waals surface area (Å²) in [6.07, 6.45) is 4.73. The van der Waals surface area contributed by atoms with Crippen molar-refractivity contribution in [3.05, 3.63) is 100 Å². The summed E-state index contributed by atoms with van der Waals surface area (Å²) in [6.45, 7) is 6.70. The van der Waals surface area contributed by atoms with Crippen LogP contribution in [0.4, 0.5) is 4.39 Å². The molecule has 2 heterocycles. The van der Waals surface area contributed by atoms with Gasteiger partial charge in [0.05, 0.1) is 23.9 Å². The molecule has 0 saturated carbocycles. The lowest BCUT2D eigenvalue weighted by Crippen LogP contribution is -2.28. The fraction of sp³-hybridized carbons (Fsp3) is 0.192. The summed E-state index contributed by atoms with van der Waals surface area (Å²) in [5.41, 5.74) is 2.55. The van der Waals surface area contributed by atoms with E-state index in [0.29, 0.717) is 21.4 Å². The number of nitrogens with zero attached hydrogens (tertiary/aromatic N) is 3. The normalized spacial score (nSPS) is 17.1. The smallest absolute Gasteiger partial charge is 0.267 e. The zero-order chi connectivity index (χ0) is 23.4. The molecule has 0 aliphatic carbocycles. The quantitative estimate of drug-likeness (QED) is 0.257. The highest BCUT2D eigenvalue weighted by Gasteiger charge is 2.34. The summed E-state index contributed by atoms with van der Waals surface area (Å²) in [4.78, 5) is 14.9. The number of hydrogen-bond donors (Lipinski definition) is 0. The fourth-order valence-electron chi connectivity index (χ4n) is 3.23. The molecule has 1 amide bonds. The zero-order valence-corrected chi connectivity index (χ0v) is 19.5. The van der Waals surface area contributed by atoms with E-state index < -0.39 is 5.82 Å². The zero-order valence-electron chi connectivity index (χ0n) is 18.7. The topological polar surface area (TPSA) is 58.2 Å². The largest absolute Gasteiger partial charge is 0.467 e. The molecule has 0 spiro atoms. The molecule has 1 fully saturated rings. The van der Waals surface area contributed by atoms with Gasteiger partial charge in [0, 0.05) is 5.56 Å². The van der Waals surface area contributed by atoms with Gasteiger partial charge >= 0.3 is 0 Å². The molecule has 0 radical (unpaired) electrons. The van der Waals surface area contributed by atoms with Crippen molar-refractivity contribution in [2.75, 3.05) is 0 Å². The fourth-order valence-corrected chi connectivity index (χ4v) is 4.15. The molecule has 2 aromatic carbocycles. The second-order valence-electron chi connectivity index (χ2n) is 8.60. The maximum Gasteiger partial charge on any atom is 0.267 e. The molecule has 1 aromatic heterocycles. The first-order chi connectivity index (χ1) is 15.8. The SMILES string of the molecule is CC(C)(C)c1ccc(/C=N/N=C2\S/C(=C\c3ccccc3F)C(=O)N2Cc2ccco2)cc1. The molecule has 0 bridgehead atoms. The minimum atomic E-state index is -0.391. The van der Waals surface area contributed by atoms with E-state index in [0.717, 1.165) is 17.3 Å². The van der Waals surface area contributed by atoms with Crippen LogP contribution in [0.3, 0.4) is 0 Å². The van der Waals surface area contributed by atoms with Crippen LogP contribution in [0.1, 0.15) is 43.2 Å². The first kappa shape index (κ1) is 22.7. The molecular formula is C26H24FN3O2S. The van der Waals surface area contributed by atoms with E-state index in [1.165, 1.54) is 22.6 Å². The maximum absolute atomic E-state index is 14.1. The summed E-state index contributed by atoms with van der Waals surface area (Å²) < 4.78 is 19.5. The number of thioether (sulfide) groups is 1. The van der Waals surface area contributed by atoms with Crippen LogP contribution < -0.4 is 0 Å². The number of furan rings is 1. The molecule has 168 valence electrons. The van der Waals surface area contributed by atoms with Crippen molar-refractivity contribution in [2.45, 2.75) is 32.7 Å². The Morgan fingerprint density at radius 1 is 1.06 bits per heavy atom. The van der Waals surface area contributed by atoms with E-state index >= 15 is 0 Å². The minimum absolute atomic E-state index is 0.0735. The van der Waals surface area contributed by atoms with E-state index in [-0.39, 0.29) is 17.9 Å². The molecule has 1 aliphatic rings. The standard InChI is InChI=1S/C26H24FN3O2S/c1-26(2,3)20-12-10-18(11-13-20)16-28-29-25-30(17-21-8-6-14-32-21)24(31)23(33-25)15-19-7-4-5-9-22(19)27/h4-16H,17H2,1-3H3/b23-15-,28-16+,29-25-. The van der Waals surface area contributed by atoms with Crippen LogP contribution in [0.5, 0.6) is 0 Å². The van der Waals surface area contributed by atoms with Gasteiger partial charge in [0.2, 0.25) is 0 Å². The third kappa shape index (κ3) is 5.49. The Morgan fingerprint density at radius 2 is 1.82 bits per heavy atom. The second-order valence-corrected chi connectivity index (χ2v) is 9.61. The van der Waals surface area contributed by atoms with Crippen LogP contribution >= 0.6 is 11.8 Å². The monoisotopic (exact) mass is 461 g/mol. The summed E-state index contributed by atoms with van der Waals surface area (Å²) in [5.74, 6) is -0.0493. The first-order valence-corrected chi connectivity index (χ1v) is 11.3. The number of benzene rings is 2. The third-order valence-corrected chi connectivity index (χ3v) is 6.10. The number of carbonyl (C=O) groups excluding carboxylic acids is 1. The lowest BCUT2D eigenvalue weighted by molar-refractivity contribution is -0.122. The van der Waals surface area contributed by atoms with Gasteiger partial charge in [-0.05, 0) is 52.6 Å². The Labute approximate surface area is 196 Å². The van der Waals surface area contributed by atoms with Gasteiger partial charge in [-0.25, -0.2) is 4.39 Å². The van der Waals surface area contributed by atoms with Crippen LogP contribution in [-0.2, 0) is 16.8 Å². The number of rotatable bonds is 5. The number of amides is 1. The Bertz CT molecular complexity index is 1220. The predicted octanol–water partition coefficient (Wildman–Crippen LogP) is 6.22. The highest BCUT2D eigenvalue weighted by Crippen LogP contribution is 2.34. The average molecular weight is 462 g/mol. The van der Waals surface area contributed by atoms with Gasteiger partial charge in [-0.2, -0.15) is 5.10 Å². The van der Waals surface area contributed by atoms with Crippen LogP contribution in [0.25, 0.3) is 6.08 Å². The van der Waals surface area contributed by atoms with Crippen LogP contribution in [0.2, 0.25) is 0 Å². The van der Waals surface area contributed by atoms with Crippen molar-refractivity contribution in [2.24, 2.45) is 10.2 Å². The molecule has 1 saturated heterocycles. The highest BCUT2D eigenvalue weighted by molar-refractivity contribution is 8.18. The minimum Gasteiger partial charge on any atom is -0.467 e. The number of carbonyl (C=O) groups is 1. The molecule has 4 rings (SSSR count). The van der Waals surface area contributed by atoms with E-state index in [9.17, 15) is 9.18 Å². The van der Waals surface area contributed by atoms with Crippen molar-refractivity contribution in [1.82, 2.24) is 4.90 Å². The number of amidine groups is 1. The average Bonchev–Trinajstić information content (AvgIpc) is 3.39. The molecule has 33 heavy (non-hydrogen) atoms. The summed E-state index contributed by atoms with van der Waals surface area (Å²) >= 11 is 1.16. The molecular weight excluding hydrogens is 437 g/mol. The molecule has 0 N–H and O–H groups in total. The Morgan fingerprint density at radius 3 is 2.48 bits per heavy atom. The predicted molar refractivity (Wildman–Crippen MR) is 131 cm³/mol. The van der Waals surface area contributed by atoms with Crippen molar-refractivity contribution in [3.63, 3.8) is 0 Å². The van der Waals surface area contributed by atoms with Crippen molar-refractivity contribution < 1.29 is 13.6 Å². The lowest BCUT2D eigenvalue weighted by Gasteiger charge is -2.18. The number of hydrogen-bond acceptors (Lipinski definition) is 5. The van der Waals surface area contributed by atoms with E-state index in [4.69, 9.17) is 4.42 Å². The van der Waals surface area contributed by atoms with Gasteiger partial charge in [-0.15, -0.1) is 5.10 Å². The summed E-state index contributed by atoms with van der Waals surface area (Å²) in [5, 5.41) is 8.90. The van der Waals surface area contributed by atoms with Gasteiger partial charge in [0.25, 0.3) is 5.91 Å². The Kier molecular flexibility index (Phi) is 6.60.